The Kier molecular flexibility index (Phi) is 21.8. The lowest BCUT2D eigenvalue weighted by Gasteiger charge is -2.26. The zero-order valence-electron chi connectivity index (χ0n) is 51.7. The van der Waals surface area contributed by atoms with Gasteiger partial charge in [0.1, 0.15) is 23.0 Å². The van der Waals surface area contributed by atoms with Crippen molar-refractivity contribution >= 4 is 111 Å². The summed E-state index contributed by atoms with van der Waals surface area (Å²) < 4.78 is 28.9. The van der Waals surface area contributed by atoms with Crippen LogP contribution >= 0.6 is 40.0 Å². The van der Waals surface area contributed by atoms with E-state index in [-0.39, 0.29) is 5.56 Å². The van der Waals surface area contributed by atoms with Crippen LogP contribution in [-0.4, -0.2) is 37.5 Å². The van der Waals surface area contributed by atoms with Crippen LogP contribution in [0.25, 0.3) is 51.0 Å². The molecule has 6 aromatic carbocycles. The number of thiophene rings is 3. The van der Waals surface area contributed by atoms with E-state index in [0.29, 0.717) is 13.2 Å². The number of aromatic carboxylic acids is 1. The minimum atomic E-state index is -2.56. The van der Waals surface area contributed by atoms with Gasteiger partial charge in [0.2, 0.25) is 0 Å². The number of benzene rings is 6. The van der Waals surface area contributed by atoms with Gasteiger partial charge in [0.15, 0.2) is 0 Å². The van der Waals surface area contributed by atoms with Crippen LogP contribution in [0.2, 0.25) is 0 Å². The van der Waals surface area contributed by atoms with Crippen molar-refractivity contribution in [1.82, 2.24) is 0 Å². The van der Waals surface area contributed by atoms with E-state index in [1.807, 2.05) is 34.8 Å². The third kappa shape index (κ3) is 14.1. The number of hydrogen-bond acceptors (Lipinski definition) is 10. The van der Waals surface area contributed by atoms with Gasteiger partial charge in [0.05, 0.1) is 41.4 Å². The third-order valence-electron chi connectivity index (χ3n) is 17.0. The zero-order chi connectivity index (χ0) is 60.8. The number of unbranched alkanes of at least 4 members (excludes halogenated alkanes) is 12. The van der Waals surface area contributed by atoms with Crippen molar-refractivity contribution in [2.45, 2.75) is 150 Å². The topological polar surface area (TPSA) is 77.5 Å². The summed E-state index contributed by atoms with van der Waals surface area (Å²) in [5, 5.41) is 15.8. The molecular formula is C76H84NO6PS4. The lowest BCUT2D eigenvalue weighted by atomic mass is 10.0. The molecule has 88 heavy (non-hydrogen) atoms. The van der Waals surface area contributed by atoms with Crippen molar-refractivity contribution in [3.63, 3.8) is 0 Å². The normalized spacial score (nSPS) is 14.8. The van der Waals surface area contributed by atoms with E-state index in [1.165, 1.54) is 98.0 Å². The molecule has 0 radical (unpaired) electrons. The Labute approximate surface area is 539 Å². The fraction of sp³-hybridized carbons (Fsp3) is 0.355. The van der Waals surface area contributed by atoms with Gasteiger partial charge in [-0.25, -0.2) is 4.79 Å². The first kappa shape index (κ1) is 63.1. The highest BCUT2D eigenvalue weighted by Crippen LogP contribution is 2.76. The number of hydrogen-bond donors (Lipinski definition) is 1. The van der Waals surface area contributed by atoms with Gasteiger partial charge in [-0.05, 0) is 170 Å². The first-order valence-electron chi connectivity index (χ1n) is 32.4. The Morgan fingerprint density at radius 3 is 1.41 bits per heavy atom. The molecule has 4 heterocycles. The number of carboxylic acid groups (broad SMARTS) is 1. The maximum atomic E-state index is 12.0. The highest BCUT2D eigenvalue weighted by molar-refractivity contribution is 8.28. The van der Waals surface area contributed by atoms with Gasteiger partial charge in [-0.1, -0.05) is 171 Å². The molecule has 7 nitrogen and oxygen atoms in total. The Morgan fingerprint density at radius 1 is 0.466 bits per heavy atom. The van der Waals surface area contributed by atoms with Crippen LogP contribution in [-0.2, 0) is 11.8 Å². The number of allylic oxidation sites excluding steroid dienone is 2. The SMILES string of the molecule is CCCCCCOc1ccc(N(c2ccc(OCCCCCC)cc2)c2ccc(-c3cc4c(OCCCCCC)c5sc(-c6ccc(C7=C8CCCC8=C(c8ccc(C(=O)O)cc8)P7(=S)c7ccccc7)s6)cc5c(OCCCCCC)c4s3)cc2)cc1. The van der Waals surface area contributed by atoms with Crippen LogP contribution in [0.15, 0.2) is 163 Å². The number of carbonyl (C=O) groups is 1. The van der Waals surface area contributed by atoms with E-state index in [2.05, 4.69) is 160 Å². The van der Waals surface area contributed by atoms with Crippen LogP contribution in [0.5, 0.6) is 23.0 Å². The maximum Gasteiger partial charge on any atom is 0.335 e. The summed E-state index contributed by atoms with van der Waals surface area (Å²) in [5.74, 6) is 2.74. The molecule has 1 aliphatic heterocycles. The molecule has 0 bridgehead atoms. The number of ether oxygens (including phenoxy) is 4. The summed E-state index contributed by atoms with van der Waals surface area (Å²) in [4.78, 5) is 19.1. The molecule has 9 aromatic rings. The minimum Gasteiger partial charge on any atom is -0.494 e. The van der Waals surface area contributed by atoms with E-state index >= 15 is 0 Å². The predicted octanol–water partition coefficient (Wildman–Crippen LogP) is 23.6. The van der Waals surface area contributed by atoms with E-state index in [9.17, 15) is 9.90 Å². The summed E-state index contributed by atoms with van der Waals surface area (Å²) in [5.41, 5.74) is 8.37. The molecule has 12 heteroatoms. The van der Waals surface area contributed by atoms with Gasteiger partial charge < -0.3 is 29.0 Å². The lowest BCUT2D eigenvalue weighted by Crippen LogP contribution is -2.10. The molecule has 1 N–H and O–H groups in total. The lowest BCUT2D eigenvalue weighted by molar-refractivity contribution is 0.0696. The fourth-order valence-corrected chi connectivity index (χ4v) is 21.6. The summed E-state index contributed by atoms with van der Waals surface area (Å²) in [7, 11) is 0. The van der Waals surface area contributed by atoms with Crippen molar-refractivity contribution < 1.29 is 28.8 Å². The highest BCUT2D eigenvalue weighted by atomic mass is 32.4. The smallest absolute Gasteiger partial charge is 0.335 e. The molecule has 11 rings (SSSR count). The first-order chi connectivity index (χ1) is 43.2. The molecule has 1 aliphatic carbocycles. The van der Waals surface area contributed by atoms with Crippen LogP contribution in [0.4, 0.5) is 17.1 Å². The van der Waals surface area contributed by atoms with Crippen molar-refractivity contribution in [3.05, 3.63) is 179 Å². The molecule has 1 fully saturated rings. The predicted molar refractivity (Wildman–Crippen MR) is 381 cm³/mol. The number of rotatable bonds is 33. The van der Waals surface area contributed by atoms with Gasteiger partial charge in [-0.15, -0.1) is 34.0 Å². The highest BCUT2D eigenvalue weighted by Gasteiger charge is 2.43. The Hall–Kier alpha value is -6.46. The third-order valence-corrected chi connectivity index (χ3v) is 25.8. The molecule has 1 saturated carbocycles. The second-order valence-electron chi connectivity index (χ2n) is 23.4. The van der Waals surface area contributed by atoms with Crippen molar-refractivity contribution in [1.29, 1.82) is 0 Å². The quantitative estimate of drug-likeness (QED) is 0.0322. The molecule has 3 aromatic heterocycles. The molecule has 0 saturated heterocycles. The van der Waals surface area contributed by atoms with E-state index in [4.69, 9.17) is 30.8 Å². The van der Waals surface area contributed by atoms with Gasteiger partial charge in [0.25, 0.3) is 0 Å². The van der Waals surface area contributed by atoms with Gasteiger partial charge >= 0.3 is 5.97 Å². The van der Waals surface area contributed by atoms with Crippen molar-refractivity contribution in [3.8, 4) is 43.2 Å². The number of anilines is 3. The molecular weight excluding hydrogens is 1180 g/mol. The van der Waals surface area contributed by atoms with Gasteiger partial charge in [-0.2, -0.15) is 0 Å². The van der Waals surface area contributed by atoms with Gasteiger partial charge in [-0.3, -0.25) is 0 Å². The average Bonchev–Trinajstić information content (AvgIpc) is 1.58. The maximum absolute atomic E-state index is 12.0. The number of carboxylic acids is 1. The Bertz CT molecular complexity index is 3770. The second kappa shape index (κ2) is 30.4. The summed E-state index contributed by atoms with van der Waals surface area (Å²) in [6.07, 6.45) is 21.3. The van der Waals surface area contributed by atoms with E-state index in [0.717, 1.165) is 155 Å². The summed E-state index contributed by atoms with van der Waals surface area (Å²) in [6.45, 7) is 11.7. The molecule has 0 amide bonds. The molecule has 1 unspecified atom stereocenters. The zero-order valence-corrected chi connectivity index (χ0v) is 55.9. The largest absolute Gasteiger partial charge is 0.494 e. The van der Waals surface area contributed by atoms with E-state index in [1.54, 1.807) is 23.5 Å². The molecule has 2 aliphatic rings. The molecule has 0 spiro atoms. The molecule has 458 valence electrons. The number of fused-ring (bicyclic) bond motifs is 3. The minimum absolute atomic E-state index is 0.282. The summed E-state index contributed by atoms with van der Waals surface area (Å²) in [6, 6.07) is 51.0. The molecule has 1 atom stereocenters. The van der Waals surface area contributed by atoms with E-state index < -0.39 is 12.0 Å². The van der Waals surface area contributed by atoms with Crippen LogP contribution in [0.3, 0.4) is 0 Å². The monoisotopic (exact) mass is 1270 g/mol. The van der Waals surface area contributed by atoms with Crippen molar-refractivity contribution in [2.24, 2.45) is 0 Å². The Morgan fingerprint density at radius 2 is 0.909 bits per heavy atom. The Balaban J connectivity index is 0.959. The van der Waals surface area contributed by atoms with Gasteiger partial charge in [0, 0.05) is 64.0 Å². The second-order valence-corrected chi connectivity index (χ2v) is 30.8. The summed E-state index contributed by atoms with van der Waals surface area (Å²) >= 11 is 12.6. The van der Waals surface area contributed by atoms with Crippen LogP contribution < -0.4 is 29.2 Å². The average molecular weight is 1270 g/mol. The van der Waals surface area contributed by atoms with Crippen LogP contribution in [0, 0.1) is 0 Å². The first-order valence-corrected chi connectivity index (χ1v) is 37.7. The number of nitrogens with zero attached hydrogens (tertiary/aromatic N) is 1. The fourth-order valence-electron chi connectivity index (χ4n) is 12.4. The standard InChI is InChI=1S/C76H84NO6PS4/c1-5-9-13-20-47-80-59-41-37-57(38-42-59)77(58-39-43-60(44-40-58)81-48-21-14-10-6-2)56-35-33-53(34-36-56)68-51-64-70(82-49-22-15-11-7-3)75-65(71(74(64)87-68)83-50-23-16-12-8-4)52-69(88-75)66-45-46-67(86-66)73-63-28-24-27-62(63)72(54-29-31-55(32-30-54)76(78)79)84(73,85)61-25-18-17-19-26-61/h17-19,25-26,29-46,51-52H,5-16,20-24,27-28,47-50H2,1-4H3,(H,78,79). The van der Waals surface area contributed by atoms with Crippen molar-refractivity contribution in [2.75, 3.05) is 31.3 Å². The van der Waals surface area contributed by atoms with Crippen LogP contribution in [0.1, 0.15) is 170 Å².